The maximum absolute atomic E-state index is 6.41. The number of thiazole rings is 1. The number of hydrogen-bond acceptors (Lipinski definition) is 2. The van der Waals surface area contributed by atoms with Gasteiger partial charge in [-0.05, 0) is 11.5 Å². The number of benzene rings is 2. The van der Waals surface area contributed by atoms with Crippen molar-refractivity contribution in [3.63, 3.8) is 0 Å². The van der Waals surface area contributed by atoms with E-state index >= 15 is 0 Å². The van der Waals surface area contributed by atoms with E-state index in [1.165, 1.54) is 0 Å². The smallest absolute Gasteiger partial charge is 0.189 e. The number of fused-ring (bicyclic) bond motifs is 1. The van der Waals surface area contributed by atoms with Crippen molar-refractivity contribution >= 4 is 39.4 Å². The first-order valence-corrected chi connectivity index (χ1v) is 6.83. The lowest BCUT2D eigenvalue weighted by molar-refractivity contribution is 0.874. The van der Waals surface area contributed by atoms with Crippen molar-refractivity contribution in [3.05, 3.63) is 57.8 Å². The normalized spacial score (nSPS) is 12.2. The molecule has 0 fully saturated rings. The van der Waals surface area contributed by atoms with Crippen LogP contribution < -0.4 is 4.80 Å². The Labute approximate surface area is 114 Å². The molecule has 4 heteroatoms. The van der Waals surface area contributed by atoms with E-state index in [1.807, 2.05) is 53.5 Å². The standard InChI is InChI=1S/C14H11ClN2S/c1-17-8-9-18-14(17)16-12-7-6-10-4-2-3-5-11(10)13(12)15/h2-9H,1H3. The quantitative estimate of drug-likeness (QED) is 0.635. The molecule has 18 heavy (non-hydrogen) atoms. The fraction of sp³-hybridized carbons (Fsp3) is 0.0714. The molecule has 0 aliphatic rings. The topological polar surface area (TPSA) is 17.3 Å². The van der Waals surface area contributed by atoms with Crippen molar-refractivity contribution < 1.29 is 0 Å². The molecule has 0 bridgehead atoms. The molecule has 0 saturated carbocycles. The van der Waals surface area contributed by atoms with E-state index < -0.39 is 0 Å². The Morgan fingerprint density at radius 2 is 2.00 bits per heavy atom. The van der Waals surface area contributed by atoms with Gasteiger partial charge in [0.05, 0.1) is 10.7 Å². The van der Waals surface area contributed by atoms with Crippen molar-refractivity contribution in [3.8, 4) is 0 Å². The molecule has 0 radical (unpaired) electrons. The highest BCUT2D eigenvalue weighted by atomic mass is 35.5. The predicted molar refractivity (Wildman–Crippen MR) is 77.5 cm³/mol. The van der Waals surface area contributed by atoms with E-state index in [0.29, 0.717) is 5.02 Å². The third-order valence-corrected chi connectivity index (χ3v) is 4.06. The molecule has 1 heterocycles. The van der Waals surface area contributed by atoms with E-state index in [1.54, 1.807) is 11.3 Å². The number of aromatic nitrogens is 1. The summed E-state index contributed by atoms with van der Waals surface area (Å²) in [4.78, 5) is 5.54. The maximum Gasteiger partial charge on any atom is 0.189 e. The predicted octanol–water partition coefficient (Wildman–Crippen LogP) is 4.13. The van der Waals surface area contributed by atoms with E-state index in [0.717, 1.165) is 21.3 Å². The summed E-state index contributed by atoms with van der Waals surface area (Å²) in [7, 11) is 1.98. The average Bonchev–Trinajstić information content (AvgIpc) is 2.79. The van der Waals surface area contributed by atoms with Crippen LogP contribution in [-0.4, -0.2) is 4.57 Å². The molecule has 3 aromatic rings. The average molecular weight is 275 g/mol. The number of nitrogens with zero attached hydrogens (tertiary/aromatic N) is 2. The summed E-state index contributed by atoms with van der Waals surface area (Å²) in [5.41, 5.74) is 0.813. The zero-order valence-electron chi connectivity index (χ0n) is 9.80. The molecule has 2 nitrogen and oxygen atoms in total. The summed E-state index contributed by atoms with van der Waals surface area (Å²) in [5, 5.41) is 4.89. The van der Waals surface area contributed by atoms with Crippen LogP contribution in [0.4, 0.5) is 5.69 Å². The van der Waals surface area contributed by atoms with Crippen molar-refractivity contribution in [2.24, 2.45) is 12.0 Å². The van der Waals surface area contributed by atoms with E-state index in [9.17, 15) is 0 Å². The Morgan fingerprint density at radius 3 is 2.78 bits per heavy atom. The van der Waals surface area contributed by atoms with Crippen molar-refractivity contribution in [2.45, 2.75) is 0 Å². The number of hydrogen-bond donors (Lipinski definition) is 0. The molecular formula is C14H11ClN2S. The monoisotopic (exact) mass is 274 g/mol. The van der Waals surface area contributed by atoms with Gasteiger partial charge < -0.3 is 4.57 Å². The van der Waals surface area contributed by atoms with E-state index in [4.69, 9.17) is 11.6 Å². The first kappa shape index (κ1) is 11.5. The van der Waals surface area contributed by atoms with Gasteiger partial charge in [-0.25, -0.2) is 4.99 Å². The van der Waals surface area contributed by atoms with Crippen LogP contribution in [-0.2, 0) is 7.05 Å². The Kier molecular flexibility index (Phi) is 2.94. The Balaban J connectivity index is 2.26. The SMILES string of the molecule is Cn1ccsc1=Nc1ccc2ccccc2c1Cl. The zero-order valence-corrected chi connectivity index (χ0v) is 11.4. The first-order chi connectivity index (χ1) is 8.75. The van der Waals surface area contributed by atoms with Crippen LogP contribution in [0.5, 0.6) is 0 Å². The lowest BCUT2D eigenvalue weighted by Gasteiger charge is -2.03. The number of aryl methyl sites for hydroxylation is 1. The minimum atomic E-state index is 0.710. The molecule has 0 aliphatic carbocycles. The van der Waals surface area contributed by atoms with Gasteiger partial charge in [0.1, 0.15) is 0 Å². The fourth-order valence-corrected chi connectivity index (χ4v) is 2.87. The highest BCUT2D eigenvalue weighted by molar-refractivity contribution is 7.07. The molecule has 0 saturated heterocycles. The zero-order chi connectivity index (χ0) is 12.5. The maximum atomic E-state index is 6.41. The van der Waals surface area contributed by atoms with Gasteiger partial charge in [-0.15, -0.1) is 11.3 Å². The third kappa shape index (κ3) is 1.96. The van der Waals surface area contributed by atoms with Gasteiger partial charge in [-0.2, -0.15) is 0 Å². The fourth-order valence-electron chi connectivity index (χ4n) is 1.85. The number of rotatable bonds is 1. The first-order valence-electron chi connectivity index (χ1n) is 5.58. The van der Waals surface area contributed by atoms with Crippen LogP contribution >= 0.6 is 22.9 Å². The second-order valence-corrected chi connectivity index (χ2v) is 5.28. The summed E-state index contributed by atoms with van der Waals surface area (Å²) >= 11 is 8.01. The molecule has 0 aliphatic heterocycles. The minimum absolute atomic E-state index is 0.710. The summed E-state index contributed by atoms with van der Waals surface area (Å²) < 4.78 is 1.98. The number of halogens is 1. The van der Waals surface area contributed by atoms with Gasteiger partial charge >= 0.3 is 0 Å². The highest BCUT2D eigenvalue weighted by Gasteiger charge is 2.04. The molecule has 1 aromatic heterocycles. The lowest BCUT2D eigenvalue weighted by atomic mass is 10.1. The molecule has 0 unspecified atom stereocenters. The van der Waals surface area contributed by atoms with Gasteiger partial charge in [-0.1, -0.05) is 41.9 Å². The van der Waals surface area contributed by atoms with Crippen LogP contribution in [0.25, 0.3) is 10.8 Å². The Hall–Kier alpha value is -1.58. The van der Waals surface area contributed by atoms with Crippen LogP contribution in [0, 0.1) is 0 Å². The second kappa shape index (κ2) is 4.59. The van der Waals surface area contributed by atoms with Crippen LogP contribution in [0.15, 0.2) is 53.0 Å². The summed E-state index contributed by atoms with van der Waals surface area (Å²) in [6.45, 7) is 0. The molecule has 0 amide bonds. The Bertz CT molecular complexity index is 771. The van der Waals surface area contributed by atoms with Crippen LogP contribution in [0.1, 0.15) is 0 Å². The molecule has 2 aromatic carbocycles. The second-order valence-electron chi connectivity index (χ2n) is 4.03. The summed E-state index contributed by atoms with van der Waals surface area (Å²) in [6.07, 6.45) is 1.98. The molecule has 90 valence electrons. The highest BCUT2D eigenvalue weighted by Crippen LogP contribution is 2.32. The van der Waals surface area contributed by atoms with Crippen molar-refractivity contribution in [1.82, 2.24) is 4.57 Å². The van der Waals surface area contributed by atoms with Gasteiger partial charge in [0.2, 0.25) is 0 Å². The summed E-state index contributed by atoms with van der Waals surface area (Å²) in [5.74, 6) is 0. The third-order valence-electron chi connectivity index (χ3n) is 2.82. The van der Waals surface area contributed by atoms with Gasteiger partial charge in [0.15, 0.2) is 4.80 Å². The van der Waals surface area contributed by atoms with Gasteiger partial charge in [0.25, 0.3) is 0 Å². The van der Waals surface area contributed by atoms with Crippen molar-refractivity contribution in [1.29, 1.82) is 0 Å². The van der Waals surface area contributed by atoms with E-state index in [2.05, 4.69) is 11.1 Å². The van der Waals surface area contributed by atoms with Gasteiger partial charge in [-0.3, -0.25) is 0 Å². The molecule has 0 atom stereocenters. The summed E-state index contributed by atoms with van der Waals surface area (Å²) in [6, 6.07) is 12.1. The molecule has 3 rings (SSSR count). The lowest BCUT2D eigenvalue weighted by Crippen LogP contribution is -2.08. The molecular weight excluding hydrogens is 264 g/mol. The molecule has 0 N–H and O–H groups in total. The largest absolute Gasteiger partial charge is 0.327 e. The minimum Gasteiger partial charge on any atom is -0.327 e. The van der Waals surface area contributed by atoms with Crippen molar-refractivity contribution in [2.75, 3.05) is 0 Å². The molecule has 0 spiro atoms. The Morgan fingerprint density at radius 1 is 1.17 bits per heavy atom. The van der Waals surface area contributed by atoms with Gasteiger partial charge in [0, 0.05) is 24.0 Å². The van der Waals surface area contributed by atoms with E-state index in [-0.39, 0.29) is 0 Å². The van der Waals surface area contributed by atoms with Crippen LogP contribution in [0.3, 0.4) is 0 Å². The van der Waals surface area contributed by atoms with Crippen LogP contribution in [0.2, 0.25) is 5.02 Å².